The van der Waals surface area contributed by atoms with E-state index in [4.69, 9.17) is 9.47 Å². The molecule has 0 saturated carbocycles. The molecule has 4 rings (SSSR count). The van der Waals surface area contributed by atoms with Crippen LogP contribution in [-0.4, -0.2) is 36.4 Å². The van der Waals surface area contributed by atoms with Gasteiger partial charge in [0.15, 0.2) is 0 Å². The fourth-order valence-electron chi connectivity index (χ4n) is 4.20. The molecule has 0 bridgehead atoms. The van der Waals surface area contributed by atoms with E-state index >= 15 is 0 Å². The highest BCUT2D eigenvalue weighted by molar-refractivity contribution is 5.43. The summed E-state index contributed by atoms with van der Waals surface area (Å²) in [5, 5.41) is 0. The minimum atomic E-state index is 0.714. The third kappa shape index (κ3) is 5.12. The topological polar surface area (TPSA) is 24.9 Å². The molecule has 2 aliphatic heterocycles. The minimum absolute atomic E-state index is 0.714. The van der Waals surface area contributed by atoms with Crippen LogP contribution in [0.25, 0.3) is 0 Å². The zero-order chi connectivity index (χ0) is 20.1. The number of benzene rings is 2. The van der Waals surface area contributed by atoms with Gasteiger partial charge < -0.3 is 9.47 Å². The average Bonchev–Trinajstić information content (AvgIpc) is 2.75. The predicted molar refractivity (Wildman–Crippen MR) is 117 cm³/mol. The maximum atomic E-state index is 5.96. The first-order valence-corrected chi connectivity index (χ1v) is 11.2. The number of fused-ring (bicyclic) bond motifs is 2. The molecule has 0 fully saturated rings. The maximum Gasteiger partial charge on any atom is 0.142 e. The van der Waals surface area contributed by atoms with Crippen LogP contribution in [-0.2, 0) is 19.5 Å². The van der Waals surface area contributed by atoms with E-state index in [0.29, 0.717) is 13.5 Å². The van der Waals surface area contributed by atoms with Gasteiger partial charge in [0.25, 0.3) is 0 Å². The molecule has 29 heavy (non-hydrogen) atoms. The van der Waals surface area contributed by atoms with Gasteiger partial charge in [0.2, 0.25) is 0 Å². The monoisotopic (exact) mass is 394 g/mol. The molecule has 0 aliphatic carbocycles. The molecular formula is C25H34N2O2. The fraction of sp³-hybridized carbons (Fsp3) is 0.520. The largest absolute Gasteiger partial charge is 0.478 e. The van der Waals surface area contributed by atoms with Crippen LogP contribution in [0.5, 0.6) is 11.5 Å². The first-order chi connectivity index (χ1) is 14.2. The van der Waals surface area contributed by atoms with E-state index in [2.05, 4.69) is 60.0 Å². The Morgan fingerprint density at radius 3 is 1.66 bits per heavy atom. The lowest BCUT2D eigenvalue weighted by Gasteiger charge is -2.29. The van der Waals surface area contributed by atoms with Gasteiger partial charge in [0, 0.05) is 37.3 Å². The van der Waals surface area contributed by atoms with Gasteiger partial charge >= 0.3 is 0 Å². The zero-order valence-electron chi connectivity index (χ0n) is 18.0. The molecule has 0 saturated heterocycles. The van der Waals surface area contributed by atoms with Crippen LogP contribution in [0.2, 0.25) is 0 Å². The second-order valence-corrected chi connectivity index (χ2v) is 8.42. The van der Waals surface area contributed by atoms with Crippen molar-refractivity contribution in [2.75, 3.05) is 26.6 Å². The average molecular weight is 395 g/mol. The van der Waals surface area contributed by atoms with Gasteiger partial charge in [-0.2, -0.15) is 0 Å². The van der Waals surface area contributed by atoms with Gasteiger partial charge in [0.05, 0.1) is 0 Å². The molecule has 0 atom stereocenters. The third-order valence-electron chi connectivity index (χ3n) is 5.91. The van der Waals surface area contributed by atoms with Gasteiger partial charge in [-0.3, -0.25) is 9.80 Å². The van der Waals surface area contributed by atoms with Gasteiger partial charge in [-0.25, -0.2) is 0 Å². The van der Waals surface area contributed by atoms with Crippen molar-refractivity contribution in [2.45, 2.75) is 59.0 Å². The Balaban J connectivity index is 1.44. The Morgan fingerprint density at radius 2 is 1.21 bits per heavy atom. The van der Waals surface area contributed by atoms with Crippen LogP contribution in [0.15, 0.2) is 36.4 Å². The van der Waals surface area contributed by atoms with E-state index in [-0.39, 0.29) is 0 Å². The molecular weight excluding hydrogens is 360 g/mol. The van der Waals surface area contributed by atoms with Crippen LogP contribution < -0.4 is 9.47 Å². The van der Waals surface area contributed by atoms with Crippen molar-refractivity contribution >= 4 is 0 Å². The molecule has 2 heterocycles. The zero-order valence-corrected chi connectivity index (χ0v) is 18.0. The smallest absolute Gasteiger partial charge is 0.142 e. The van der Waals surface area contributed by atoms with E-state index < -0.39 is 0 Å². The molecule has 2 aromatic rings. The SMILES string of the molecule is CCCCN1COc2ccc(Cc3ccc4c(c3)CN(CCCC)CO4)cc2C1. The van der Waals surface area contributed by atoms with Crippen molar-refractivity contribution in [2.24, 2.45) is 0 Å². The van der Waals surface area contributed by atoms with Crippen LogP contribution in [0.4, 0.5) is 0 Å². The lowest BCUT2D eigenvalue weighted by atomic mass is 9.99. The van der Waals surface area contributed by atoms with Crippen molar-refractivity contribution in [3.05, 3.63) is 58.7 Å². The van der Waals surface area contributed by atoms with Crippen molar-refractivity contribution in [3.8, 4) is 11.5 Å². The van der Waals surface area contributed by atoms with E-state index in [1.165, 1.54) is 47.9 Å². The molecule has 4 nitrogen and oxygen atoms in total. The number of rotatable bonds is 8. The third-order valence-corrected chi connectivity index (χ3v) is 5.91. The Hall–Kier alpha value is -2.04. The predicted octanol–water partition coefficient (Wildman–Crippen LogP) is 5.18. The van der Waals surface area contributed by atoms with Crippen LogP contribution in [0.3, 0.4) is 0 Å². The number of hydrogen-bond donors (Lipinski definition) is 0. The maximum absolute atomic E-state index is 5.96. The van der Waals surface area contributed by atoms with Gasteiger partial charge in [-0.05, 0) is 42.5 Å². The summed E-state index contributed by atoms with van der Waals surface area (Å²) in [7, 11) is 0. The Morgan fingerprint density at radius 1 is 0.724 bits per heavy atom. The normalized spacial score (nSPS) is 16.6. The summed E-state index contributed by atoms with van der Waals surface area (Å²) in [6.45, 7) is 10.1. The quantitative estimate of drug-likeness (QED) is 0.616. The number of unbranched alkanes of at least 4 members (excludes halogenated alkanes) is 2. The molecule has 0 radical (unpaired) electrons. The summed E-state index contributed by atoms with van der Waals surface area (Å²) in [6.07, 6.45) is 5.85. The van der Waals surface area contributed by atoms with Crippen molar-refractivity contribution < 1.29 is 9.47 Å². The highest BCUT2D eigenvalue weighted by Crippen LogP contribution is 2.29. The second-order valence-electron chi connectivity index (χ2n) is 8.42. The molecule has 0 amide bonds. The molecule has 2 aromatic carbocycles. The lowest BCUT2D eigenvalue weighted by Crippen LogP contribution is -2.32. The van der Waals surface area contributed by atoms with Gasteiger partial charge in [-0.1, -0.05) is 51.0 Å². The van der Waals surface area contributed by atoms with Crippen molar-refractivity contribution in [1.29, 1.82) is 0 Å². The summed E-state index contributed by atoms with van der Waals surface area (Å²) in [6, 6.07) is 13.4. The Labute approximate surface area is 175 Å². The van der Waals surface area contributed by atoms with E-state index in [1.54, 1.807) is 0 Å². The molecule has 0 aromatic heterocycles. The van der Waals surface area contributed by atoms with E-state index in [1.807, 2.05) is 0 Å². The number of ether oxygens (including phenoxy) is 2. The first-order valence-electron chi connectivity index (χ1n) is 11.2. The van der Waals surface area contributed by atoms with Crippen molar-refractivity contribution in [1.82, 2.24) is 9.80 Å². The number of nitrogens with zero attached hydrogens (tertiary/aromatic N) is 2. The van der Waals surface area contributed by atoms with E-state index in [0.717, 1.165) is 44.1 Å². The molecule has 2 aliphatic rings. The van der Waals surface area contributed by atoms with Crippen LogP contribution >= 0.6 is 0 Å². The molecule has 4 heteroatoms. The summed E-state index contributed by atoms with van der Waals surface area (Å²) < 4.78 is 11.9. The lowest BCUT2D eigenvalue weighted by molar-refractivity contribution is 0.0939. The standard InChI is InChI=1S/C25H34N2O2/c1-3-5-11-26-16-22-14-20(7-9-24(22)28-18-26)13-21-8-10-25-23(15-21)17-27(19-29-25)12-6-4-2/h7-10,14-15H,3-6,11-13,16-19H2,1-2H3. The highest BCUT2D eigenvalue weighted by atomic mass is 16.5. The van der Waals surface area contributed by atoms with Gasteiger partial charge in [0.1, 0.15) is 25.0 Å². The van der Waals surface area contributed by atoms with Crippen LogP contribution in [0.1, 0.15) is 61.8 Å². The minimum Gasteiger partial charge on any atom is -0.478 e. The summed E-state index contributed by atoms with van der Waals surface area (Å²) >= 11 is 0. The van der Waals surface area contributed by atoms with Crippen LogP contribution in [0, 0.1) is 0 Å². The molecule has 0 unspecified atom stereocenters. The van der Waals surface area contributed by atoms with Gasteiger partial charge in [-0.15, -0.1) is 0 Å². The summed E-state index contributed by atoms with van der Waals surface area (Å²) in [5.41, 5.74) is 5.34. The Bertz CT molecular complexity index is 753. The number of hydrogen-bond acceptors (Lipinski definition) is 4. The summed E-state index contributed by atoms with van der Waals surface area (Å²) in [4.78, 5) is 4.80. The summed E-state index contributed by atoms with van der Waals surface area (Å²) in [5.74, 6) is 2.10. The molecule has 156 valence electrons. The highest BCUT2D eigenvalue weighted by Gasteiger charge is 2.19. The molecule has 0 spiro atoms. The molecule has 0 N–H and O–H groups in total. The van der Waals surface area contributed by atoms with Crippen molar-refractivity contribution in [3.63, 3.8) is 0 Å². The fourth-order valence-corrected chi connectivity index (χ4v) is 4.20. The second kappa shape index (κ2) is 9.64. The Kier molecular flexibility index (Phi) is 6.73. The van der Waals surface area contributed by atoms with E-state index in [9.17, 15) is 0 Å². The first kappa shape index (κ1) is 20.2.